The van der Waals surface area contributed by atoms with Crippen LogP contribution in [0.4, 0.5) is 0 Å². The van der Waals surface area contributed by atoms with Gasteiger partial charge in [-0.15, -0.1) is 0 Å². The van der Waals surface area contributed by atoms with Crippen LogP contribution in [-0.4, -0.2) is 25.6 Å². The minimum atomic E-state index is -0.940. The van der Waals surface area contributed by atoms with Gasteiger partial charge in [-0.3, -0.25) is 9.97 Å². The lowest BCUT2D eigenvalue weighted by atomic mass is 10.1. The van der Waals surface area contributed by atoms with E-state index in [2.05, 4.69) is 22.1 Å². The molecule has 0 fully saturated rings. The minimum absolute atomic E-state index is 0.274. The zero-order valence-corrected chi connectivity index (χ0v) is 13.1. The van der Waals surface area contributed by atoms with E-state index in [1.807, 2.05) is 35.9 Å². The normalized spacial score (nSPS) is 11.2. The summed E-state index contributed by atoms with van der Waals surface area (Å²) in [5, 5.41) is 11.1. The average molecular weight is 317 g/mol. The van der Waals surface area contributed by atoms with Crippen LogP contribution >= 0.6 is 0 Å². The highest BCUT2D eigenvalue weighted by atomic mass is 16.4. The Bertz CT molecular complexity index is 1080. The number of fused-ring (bicyclic) bond motifs is 2. The average Bonchev–Trinajstić information content (AvgIpc) is 2.94. The van der Waals surface area contributed by atoms with Gasteiger partial charge < -0.3 is 9.67 Å². The van der Waals surface area contributed by atoms with Crippen molar-refractivity contribution in [1.29, 1.82) is 0 Å². The molecule has 0 aliphatic carbocycles. The van der Waals surface area contributed by atoms with E-state index >= 15 is 0 Å². The topological polar surface area (TPSA) is 68.0 Å². The Labute approximate surface area is 138 Å². The predicted octanol–water partition coefficient (Wildman–Crippen LogP) is 3.64. The van der Waals surface area contributed by atoms with E-state index in [1.54, 1.807) is 18.6 Å². The number of rotatable bonds is 3. The highest BCUT2D eigenvalue weighted by Crippen LogP contribution is 2.23. The third-order valence-electron chi connectivity index (χ3n) is 4.15. The molecule has 0 saturated carbocycles. The van der Waals surface area contributed by atoms with E-state index in [-0.39, 0.29) is 5.56 Å². The molecule has 4 rings (SSSR count). The molecule has 5 heteroatoms. The fraction of sp³-hybridized carbons (Fsp3) is 0.105. The molecule has 1 N–H and O–H groups in total. The van der Waals surface area contributed by atoms with Gasteiger partial charge in [-0.05, 0) is 42.3 Å². The van der Waals surface area contributed by atoms with E-state index in [0.29, 0.717) is 11.9 Å². The number of aromatic carboxylic acids is 1. The Hall–Kier alpha value is -3.21. The smallest absolute Gasteiger partial charge is 0.337 e. The number of aromatic nitrogens is 3. The number of hydrogen-bond acceptors (Lipinski definition) is 3. The number of carboxylic acids is 1. The van der Waals surface area contributed by atoms with Crippen LogP contribution in [0, 0.1) is 6.92 Å². The molecule has 24 heavy (non-hydrogen) atoms. The first-order valence-corrected chi connectivity index (χ1v) is 7.63. The molecule has 4 aromatic rings. The highest BCUT2D eigenvalue weighted by molar-refractivity contribution is 6.03. The van der Waals surface area contributed by atoms with E-state index in [1.165, 1.54) is 0 Å². The van der Waals surface area contributed by atoms with E-state index in [4.69, 9.17) is 0 Å². The van der Waals surface area contributed by atoms with Crippen LogP contribution in [-0.2, 0) is 6.54 Å². The highest BCUT2D eigenvalue weighted by Gasteiger charge is 2.14. The molecule has 0 spiro atoms. The Balaban J connectivity index is 1.80. The maximum atomic E-state index is 11.4. The Morgan fingerprint density at radius 3 is 2.92 bits per heavy atom. The molecule has 1 aromatic carbocycles. The van der Waals surface area contributed by atoms with E-state index in [0.717, 1.165) is 27.5 Å². The first-order chi connectivity index (χ1) is 11.6. The molecule has 5 nitrogen and oxygen atoms in total. The summed E-state index contributed by atoms with van der Waals surface area (Å²) in [5.41, 5.74) is 4.31. The summed E-state index contributed by atoms with van der Waals surface area (Å²) < 4.78 is 1.95. The van der Waals surface area contributed by atoms with Crippen LogP contribution in [0.3, 0.4) is 0 Å². The second-order valence-electron chi connectivity index (χ2n) is 5.91. The molecule has 0 aliphatic heterocycles. The molecular formula is C19H15N3O2. The quantitative estimate of drug-likeness (QED) is 0.626. The maximum absolute atomic E-state index is 11.4. The van der Waals surface area contributed by atoms with Crippen molar-refractivity contribution in [3.63, 3.8) is 0 Å². The number of carboxylic acid groups (broad SMARTS) is 1. The summed E-state index contributed by atoms with van der Waals surface area (Å²) in [6.45, 7) is 2.61. The SMILES string of the molecule is Cc1cnc2ccc(Cn3cc(C(=O)O)c4cnccc43)cc2c1. The Morgan fingerprint density at radius 1 is 1.21 bits per heavy atom. The molecule has 0 radical (unpaired) electrons. The van der Waals surface area contributed by atoms with Crippen molar-refractivity contribution in [2.75, 3.05) is 0 Å². The Morgan fingerprint density at radius 2 is 2.08 bits per heavy atom. The standard InChI is InChI=1S/C19H15N3O2/c1-12-6-14-7-13(2-3-17(14)21-8-12)10-22-11-16(19(23)24)15-9-20-5-4-18(15)22/h2-9,11H,10H2,1H3,(H,23,24). The monoisotopic (exact) mass is 317 g/mol. The molecule has 0 unspecified atom stereocenters. The number of aryl methyl sites for hydroxylation is 1. The predicted molar refractivity (Wildman–Crippen MR) is 92.3 cm³/mol. The summed E-state index contributed by atoms with van der Waals surface area (Å²) in [4.78, 5) is 19.9. The molecule has 3 aromatic heterocycles. The van der Waals surface area contributed by atoms with Crippen LogP contribution in [0.5, 0.6) is 0 Å². The molecule has 0 saturated heterocycles. The van der Waals surface area contributed by atoms with Gasteiger partial charge in [0.15, 0.2) is 0 Å². The largest absolute Gasteiger partial charge is 0.478 e. The van der Waals surface area contributed by atoms with Crippen LogP contribution in [0.1, 0.15) is 21.5 Å². The van der Waals surface area contributed by atoms with Crippen molar-refractivity contribution in [3.05, 3.63) is 71.8 Å². The summed E-state index contributed by atoms with van der Waals surface area (Å²) in [5.74, 6) is -0.940. The van der Waals surface area contributed by atoms with Crippen LogP contribution in [0.2, 0.25) is 0 Å². The van der Waals surface area contributed by atoms with Crippen LogP contribution in [0.25, 0.3) is 21.8 Å². The van der Waals surface area contributed by atoms with Crippen LogP contribution < -0.4 is 0 Å². The summed E-state index contributed by atoms with van der Waals surface area (Å²) in [7, 11) is 0. The van der Waals surface area contributed by atoms with Crippen molar-refractivity contribution in [2.24, 2.45) is 0 Å². The second kappa shape index (κ2) is 5.45. The van der Waals surface area contributed by atoms with Crippen molar-refractivity contribution in [2.45, 2.75) is 13.5 Å². The lowest BCUT2D eigenvalue weighted by Gasteiger charge is -2.07. The molecule has 0 amide bonds. The van der Waals surface area contributed by atoms with Gasteiger partial charge in [0.1, 0.15) is 0 Å². The molecule has 0 bridgehead atoms. The second-order valence-corrected chi connectivity index (χ2v) is 5.91. The van der Waals surface area contributed by atoms with Gasteiger partial charge in [0, 0.05) is 42.1 Å². The van der Waals surface area contributed by atoms with Crippen molar-refractivity contribution < 1.29 is 9.90 Å². The maximum Gasteiger partial charge on any atom is 0.337 e. The molecule has 0 atom stereocenters. The van der Waals surface area contributed by atoms with Gasteiger partial charge in [0.2, 0.25) is 0 Å². The molecule has 3 heterocycles. The van der Waals surface area contributed by atoms with Crippen molar-refractivity contribution in [3.8, 4) is 0 Å². The van der Waals surface area contributed by atoms with Gasteiger partial charge in [-0.2, -0.15) is 0 Å². The van der Waals surface area contributed by atoms with Gasteiger partial charge in [-0.1, -0.05) is 6.07 Å². The first kappa shape index (κ1) is 14.4. The van der Waals surface area contributed by atoms with E-state index < -0.39 is 5.97 Å². The van der Waals surface area contributed by atoms with Gasteiger partial charge in [0.25, 0.3) is 0 Å². The zero-order valence-electron chi connectivity index (χ0n) is 13.1. The zero-order chi connectivity index (χ0) is 16.7. The molecule has 118 valence electrons. The summed E-state index contributed by atoms with van der Waals surface area (Å²) in [6.07, 6.45) is 6.81. The third kappa shape index (κ3) is 2.40. The number of nitrogens with zero attached hydrogens (tertiary/aromatic N) is 3. The number of benzene rings is 1. The molecule has 0 aliphatic rings. The van der Waals surface area contributed by atoms with Gasteiger partial charge in [0.05, 0.1) is 16.6 Å². The number of hydrogen-bond donors (Lipinski definition) is 1. The number of pyridine rings is 2. The van der Waals surface area contributed by atoms with Crippen LogP contribution in [0.15, 0.2) is 55.1 Å². The van der Waals surface area contributed by atoms with Crippen molar-refractivity contribution >= 4 is 27.8 Å². The van der Waals surface area contributed by atoms with Crippen molar-refractivity contribution in [1.82, 2.24) is 14.5 Å². The van der Waals surface area contributed by atoms with Gasteiger partial charge >= 0.3 is 5.97 Å². The Kier molecular flexibility index (Phi) is 3.27. The molecular weight excluding hydrogens is 302 g/mol. The fourth-order valence-corrected chi connectivity index (χ4v) is 3.03. The number of carbonyl (C=O) groups is 1. The lowest BCUT2D eigenvalue weighted by molar-refractivity contribution is 0.0699. The minimum Gasteiger partial charge on any atom is -0.478 e. The fourth-order valence-electron chi connectivity index (χ4n) is 3.03. The lowest BCUT2D eigenvalue weighted by Crippen LogP contribution is -1.99. The van der Waals surface area contributed by atoms with Gasteiger partial charge in [-0.25, -0.2) is 4.79 Å². The van der Waals surface area contributed by atoms with E-state index in [9.17, 15) is 9.90 Å². The third-order valence-corrected chi connectivity index (χ3v) is 4.15. The summed E-state index contributed by atoms with van der Waals surface area (Å²) >= 11 is 0. The summed E-state index contributed by atoms with van der Waals surface area (Å²) in [6, 6.07) is 10.1. The first-order valence-electron chi connectivity index (χ1n) is 7.63.